The molecule has 0 amide bonds. The molecule has 0 fully saturated rings. The highest BCUT2D eigenvalue weighted by atomic mass is 79.9. The van der Waals surface area contributed by atoms with Crippen LogP contribution in [0.2, 0.25) is 0 Å². The second kappa shape index (κ2) is 7.79. The Bertz CT molecular complexity index is 438. The van der Waals surface area contributed by atoms with E-state index in [1.807, 2.05) is 51.4 Å². The lowest BCUT2D eigenvalue weighted by molar-refractivity contribution is 1.08. The van der Waals surface area contributed by atoms with E-state index in [1.54, 1.807) is 0 Å². The molecule has 0 saturated heterocycles. The zero-order valence-electron chi connectivity index (χ0n) is 10.3. The molecule has 0 radical (unpaired) electrons. The molecule has 5 heteroatoms. The Labute approximate surface area is 114 Å². The smallest absolute Gasteiger partial charge is 0.170 e. The van der Waals surface area contributed by atoms with Gasteiger partial charge in [-0.05, 0) is 38.8 Å². The van der Waals surface area contributed by atoms with Gasteiger partial charge in [0.2, 0.25) is 0 Å². The predicted octanol–water partition coefficient (Wildman–Crippen LogP) is 4.62. The Morgan fingerprint density at radius 1 is 1.00 bits per heavy atom. The van der Waals surface area contributed by atoms with Crippen LogP contribution in [-0.4, -0.2) is 14.4 Å². The lowest BCUT2D eigenvalue weighted by atomic mass is 10.6. The molecule has 0 bridgehead atoms. The molecular weight excluding hydrogens is 334 g/mol. The minimum absolute atomic E-state index is 0.755. The van der Waals surface area contributed by atoms with E-state index in [0.717, 1.165) is 20.5 Å². The van der Waals surface area contributed by atoms with E-state index < -0.39 is 0 Å². The molecule has 0 aliphatic rings. The van der Waals surface area contributed by atoms with Crippen molar-refractivity contribution in [3.8, 4) is 0 Å². The molecule has 90 valence electrons. The molecule has 2 aromatic rings. The van der Waals surface area contributed by atoms with Crippen molar-refractivity contribution in [2.45, 2.75) is 34.6 Å². The van der Waals surface area contributed by atoms with E-state index >= 15 is 0 Å². The number of nitrogens with zero attached hydrogens (tertiary/aromatic N) is 3. The molecule has 2 rings (SSSR count). The summed E-state index contributed by atoms with van der Waals surface area (Å²) in [5.74, 6) is 0. The summed E-state index contributed by atoms with van der Waals surface area (Å²) in [4.78, 5) is 8.45. The van der Waals surface area contributed by atoms with Crippen molar-refractivity contribution in [2.24, 2.45) is 0 Å². The number of imidazole rings is 1. The molecule has 0 aromatic carbocycles. The predicted molar refractivity (Wildman–Crippen MR) is 75.8 cm³/mol. The van der Waals surface area contributed by atoms with Crippen molar-refractivity contribution >= 4 is 37.5 Å². The third-order valence-electron chi connectivity index (χ3n) is 1.49. The van der Waals surface area contributed by atoms with Crippen molar-refractivity contribution in [1.82, 2.24) is 14.4 Å². The maximum atomic E-state index is 4.29. The Balaban J connectivity index is 0.000000509. The van der Waals surface area contributed by atoms with Crippen molar-refractivity contribution < 1.29 is 0 Å². The van der Waals surface area contributed by atoms with Crippen LogP contribution in [0.4, 0.5) is 0 Å². The first-order valence-corrected chi connectivity index (χ1v) is 6.93. The summed E-state index contributed by atoms with van der Waals surface area (Å²) in [6.45, 7) is 9.95. The standard InChI is InChI=1S/C7H5Br2N3.2C2H6/c1-4-2-12-3-5(8)11-6(9)7(12)10-4;2*1-2/h2-3H,1H3;2*1-2H3. The van der Waals surface area contributed by atoms with Gasteiger partial charge < -0.3 is 4.40 Å². The minimum Gasteiger partial charge on any atom is -0.302 e. The van der Waals surface area contributed by atoms with E-state index in [1.165, 1.54) is 0 Å². The molecule has 0 spiro atoms. The second-order valence-corrected chi connectivity index (χ2v) is 4.03. The quantitative estimate of drug-likeness (QED) is 0.694. The Kier molecular flexibility index (Phi) is 7.58. The van der Waals surface area contributed by atoms with E-state index in [9.17, 15) is 0 Å². The summed E-state index contributed by atoms with van der Waals surface area (Å²) in [5.41, 5.74) is 1.83. The van der Waals surface area contributed by atoms with Crippen LogP contribution in [0.3, 0.4) is 0 Å². The van der Waals surface area contributed by atoms with E-state index in [-0.39, 0.29) is 0 Å². The monoisotopic (exact) mass is 349 g/mol. The third-order valence-corrected chi connectivity index (χ3v) is 2.40. The molecule has 0 saturated carbocycles. The van der Waals surface area contributed by atoms with Crippen LogP contribution in [0.5, 0.6) is 0 Å². The van der Waals surface area contributed by atoms with Crippen molar-refractivity contribution in [3.05, 3.63) is 27.3 Å². The summed E-state index contributed by atoms with van der Waals surface area (Å²) < 4.78 is 3.47. The van der Waals surface area contributed by atoms with Gasteiger partial charge in [-0.2, -0.15) is 0 Å². The topological polar surface area (TPSA) is 30.2 Å². The third kappa shape index (κ3) is 3.87. The Morgan fingerprint density at radius 3 is 2.12 bits per heavy atom. The first-order valence-electron chi connectivity index (χ1n) is 5.34. The van der Waals surface area contributed by atoms with Crippen LogP contribution in [-0.2, 0) is 0 Å². The van der Waals surface area contributed by atoms with Gasteiger partial charge in [0.25, 0.3) is 0 Å². The fraction of sp³-hybridized carbons (Fsp3) is 0.455. The van der Waals surface area contributed by atoms with Crippen LogP contribution < -0.4 is 0 Å². The van der Waals surface area contributed by atoms with E-state index in [4.69, 9.17) is 0 Å². The normalized spacial score (nSPS) is 8.94. The highest BCUT2D eigenvalue weighted by Gasteiger charge is 2.04. The molecule has 2 aromatic heterocycles. The molecule has 2 heterocycles. The van der Waals surface area contributed by atoms with Gasteiger partial charge in [-0.25, -0.2) is 9.97 Å². The first kappa shape index (κ1) is 15.6. The van der Waals surface area contributed by atoms with Crippen molar-refractivity contribution in [2.75, 3.05) is 0 Å². The maximum Gasteiger partial charge on any atom is 0.170 e. The largest absolute Gasteiger partial charge is 0.302 e. The Hall–Kier alpha value is -0.420. The van der Waals surface area contributed by atoms with Gasteiger partial charge in [-0.1, -0.05) is 27.7 Å². The maximum absolute atomic E-state index is 4.29. The van der Waals surface area contributed by atoms with Gasteiger partial charge in [-0.3, -0.25) is 0 Å². The summed E-state index contributed by atoms with van der Waals surface area (Å²) in [7, 11) is 0. The van der Waals surface area contributed by atoms with Gasteiger partial charge >= 0.3 is 0 Å². The number of rotatable bonds is 0. The van der Waals surface area contributed by atoms with Crippen LogP contribution in [0.25, 0.3) is 5.65 Å². The van der Waals surface area contributed by atoms with Crippen LogP contribution in [0.1, 0.15) is 33.4 Å². The molecule has 0 aliphatic heterocycles. The molecule has 0 atom stereocenters. The average Bonchev–Trinajstić information content (AvgIpc) is 2.65. The fourth-order valence-electron chi connectivity index (χ4n) is 1.05. The number of aromatic nitrogens is 3. The van der Waals surface area contributed by atoms with E-state index in [2.05, 4.69) is 41.8 Å². The lowest BCUT2D eigenvalue weighted by Gasteiger charge is -1.95. The lowest BCUT2D eigenvalue weighted by Crippen LogP contribution is -1.88. The summed E-state index contributed by atoms with van der Waals surface area (Å²) >= 11 is 6.64. The molecule has 0 aliphatic carbocycles. The van der Waals surface area contributed by atoms with Gasteiger partial charge in [0, 0.05) is 12.4 Å². The zero-order chi connectivity index (χ0) is 12.7. The molecule has 0 N–H and O–H groups in total. The van der Waals surface area contributed by atoms with Crippen LogP contribution in [0, 0.1) is 6.92 Å². The summed E-state index contributed by atoms with van der Waals surface area (Å²) in [5, 5.41) is 0. The number of hydrogen-bond donors (Lipinski definition) is 0. The highest BCUT2D eigenvalue weighted by Crippen LogP contribution is 2.18. The second-order valence-electron chi connectivity index (χ2n) is 2.47. The first-order chi connectivity index (χ1) is 7.66. The van der Waals surface area contributed by atoms with Gasteiger partial charge in [0.05, 0.1) is 5.69 Å². The van der Waals surface area contributed by atoms with Gasteiger partial charge in [0.15, 0.2) is 10.3 Å². The number of fused-ring (bicyclic) bond motifs is 1. The minimum atomic E-state index is 0.755. The fourth-order valence-corrected chi connectivity index (χ4v) is 2.17. The van der Waals surface area contributed by atoms with Gasteiger partial charge in [-0.15, -0.1) is 0 Å². The zero-order valence-corrected chi connectivity index (χ0v) is 13.4. The van der Waals surface area contributed by atoms with Crippen LogP contribution >= 0.6 is 31.9 Å². The summed E-state index contributed by atoms with van der Waals surface area (Å²) in [6.07, 6.45) is 3.83. The molecular formula is C11H17Br2N3. The van der Waals surface area contributed by atoms with Crippen molar-refractivity contribution in [1.29, 1.82) is 0 Å². The summed E-state index contributed by atoms with van der Waals surface area (Å²) in [6, 6.07) is 0. The molecule has 16 heavy (non-hydrogen) atoms. The SMILES string of the molecule is CC.CC.Cc1cn2cc(Br)nc(Br)c2n1. The average molecular weight is 351 g/mol. The number of hydrogen-bond acceptors (Lipinski definition) is 2. The molecule has 0 unspecified atom stereocenters. The van der Waals surface area contributed by atoms with E-state index in [0.29, 0.717) is 0 Å². The number of halogens is 2. The van der Waals surface area contributed by atoms with Gasteiger partial charge in [0.1, 0.15) is 4.60 Å². The Morgan fingerprint density at radius 2 is 1.56 bits per heavy atom. The van der Waals surface area contributed by atoms with Crippen molar-refractivity contribution in [3.63, 3.8) is 0 Å². The molecule has 3 nitrogen and oxygen atoms in total. The number of aryl methyl sites for hydroxylation is 1. The highest BCUT2D eigenvalue weighted by molar-refractivity contribution is 9.11. The van der Waals surface area contributed by atoms with Crippen LogP contribution in [0.15, 0.2) is 21.6 Å².